The SMILES string of the molecule is N#Cc1nc(OC(F)(F)F)c(N)cc1S(N)(=O)=O. The highest BCUT2D eigenvalue weighted by atomic mass is 32.2. The number of hydrogen-bond acceptors (Lipinski definition) is 6. The molecule has 0 radical (unpaired) electrons. The third-order valence-corrected chi connectivity index (χ3v) is 2.53. The summed E-state index contributed by atoms with van der Waals surface area (Å²) in [5.74, 6) is -1.12. The van der Waals surface area contributed by atoms with Gasteiger partial charge in [-0.1, -0.05) is 0 Å². The zero-order valence-corrected chi connectivity index (χ0v) is 9.21. The van der Waals surface area contributed by atoms with E-state index in [-0.39, 0.29) is 0 Å². The number of sulfonamides is 1. The van der Waals surface area contributed by atoms with E-state index in [4.69, 9.17) is 16.1 Å². The van der Waals surface area contributed by atoms with Gasteiger partial charge in [0.1, 0.15) is 11.0 Å². The third-order valence-electron chi connectivity index (χ3n) is 1.61. The van der Waals surface area contributed by atoms with E-state index in [2.05, 4.69) is 9.72 Å². The van der Waals surface area contributed by atoms with Crippen molar-refractivity contribution in [1.82, 2.24) is 4.98 Å². The van der Waals surface area contributed by atoms with E-state index in [1.165, 1.54) is 6.07 Å². The number of anilines is 1. The van der Waals surface area contributed by atoms with Crippen LogP contribution in [0.4, 0.5) is 18.9 Å². The van der Waals surface area contributed by atoms with Crippen LogP contribution in [-0.2, 0) is 10.0 Å². The molecular weight excluding hydrogens is 277 g/mol. The first kappa shape index (κ1) is 14.0. The number of pyridine rings is 1. The molecule has 98 valence electrons. The van der Waals surface area contributed by atoms with Crippen molar-refractivity contribution >= 4 is 15.7 Å². The second kappa shape index (κ2) is 4.31. The Hall–Kier alpha value is -2.06. The number of halogens is 3. The van der Waals surface area contributed by atoms with Gasteiger partial charge < -0.3 is 10.5 Å². The fraction of sp³-hybridized carbons (Fsp3) is 0.143. The van der Waals surface area contributed by atoms with Gasteiger partial charge in [0.05, 0.1) is 5.69 Å². The van der Waals surface area contributed by atoms with Gasteiger partial charge in [0.15, 0.2) is 5.69 Å². The number of nitriles is 1. The maximum absolute atomic E-state index is 11.9. The van der Waals surface area contributed by atoms with Gasteiger partial charge in [-0.2, -0.15) is 10.2 Å². The van der Waals surface area contributed by atoms with Crippen LogP contribution in [0.3, 0.4) is 0 Å². The first-order chi connectivity index (χ1) is 8.04. The molecule has 11 heteroatoms. The van der Waals surface area contributed by atoms with E-state index in [0.29, 0.717) is 6.07 Å². The average Bonchev–Trinajstić information content (AvgIpc) is 2.17. The first-order valence-electron chi connectivity index (χ1n) is 4.04. The molecule has 0 fully saturated rings. The molecule has 1 rings (SSSR count). The van der Waals surface area contributed by atoms with Crippen molar-refractivity contribution in [1.29, 1.82) is 5.26 Å². The summed E-state index contributed by atoms with van der Waals surface area (Å²) in [6.07, 6.45) is -5.07. The van der Waals surface area contributed by atoms with Crippen molar-refractivity contribution < 1.29 is 26.3 Å². The van der Waals surface area contributed by atoms with Crippen molar-refractivity contribution in [2.75, 3.05) is 5.73 Å². The van der Waals surface area contributed by atoms with Gasteiger partial charge in [0.2, 0.25) is 15.9 Å². The highest BCUT2D eigenvalue weighted by Gasteiger charge is 2.33. The zero-order valence-electron chi connectivity index (χ0n) is 8.39. The minimum Gasteiger partial charge on any atom is -0.394 e. The Morgan fingerprint density at radius 3 is 2.39 bits per heavy atom. The molecule has 18 heavy (non-hydrogen) atoms. The van der Waals surface area contributed by atoms with E-state index in [1.807, 2.05) is 0 Å². The van der Waals surface area contributed by atoms with Crippen LogP contribution in [0.25, 0.3) is 0 Å². The molecule has 0 amide bonds. The number of ether oxygens (including phenoxy) is 1. The van der Waals surface area contributed by atoms with Crippen LogP contribution in [-0.4, -0.2) is 19.8 Å². The average molecular weight is 282 g/mol. The highest BCUT2D eigenvalue weighted by molar-refractivity contribution is 7.89. The van der Waals surface area contributed by atoms with E-state index in [1.54, 1.807) is 0 Å². The summed E-state index contributed by atoms with van der Waals surface area (Å²) in [6.45, 7) is 0. The molecule has 1 aromatic heterocycles. The molecule has 1 aromatic rings. The highest BCUT2D eigenvalue weighted by Crippen LogP contribution is 2.29. The molecule has 0 saturated carbocycles. The molecule has 7 nitrogen and oxygen atoms in total. The lowest BCUT2D eigenvalue weighted by atomic mass is 10.3. The Morgan fingerprint density at radius 2 is 2.00 bits per heavy atom. The molecule has 0 aliphatic rings. The van der Waals surface area contributed by atoms with E-state index in [0.717, 1.165) is 0 Å². The van der Waals surface area contributed by atoms with Crippen molar-refractivity contribution in [3.63, 3.8) is 0 Å². The van der Waals surface area contributed by atoms with Crippen LogP contribution in [0.15, 0.2) is 11.0 Å². The lowest BCUT2D eigenvalue weighted by Gasteiger charge is -2.11. The maximum Gasteiger partial charge on any atom is 0.574 e. The van der Waals surface area contributed by atoms with Crippen LogP contribution in [0.5, 0.6) is 5.88 Å². The summed E-state index contributed by atoms with van der Waals surface area (Å²) in [4.78, 5) is 2.27. The van der Waals surface area contributed by atoms with Crippen molar-refractivity contribution in [2.24, 2.45) is 5.14 Å². The fourth-order valence-electron chi connectivity index (χ4n) is 0.981. The maximum atomic E-state index is 11.9. The lowest BCUT2D eigenvalue weighted by molar-refractivity contribution is -0.275. The van der Waals surface area contributed by atoms with Crippen LogP contribution in [0, 0.1) is 11.3 Å². The zero-order chi connectivity index (χ0) is 14.1. The van der Waals surface area contributed by atoms with Crippen LogP contribution in [0.1, 0.15) is 5.69 Å². The Balaban J connectivity index is 3.43. The minimum atomic E-state index is -5.07. The summed E-state index contributed by atoms with van der Waals surface area (Å²) < 4.78 is 61.3. The van der Waals surface area contributed by atoms with Crippen LogP contribution < -0.4 is 15.6 Å². The van der Waals surface area contributed by atoms with Gasteiger partial charge in [0.25, 0.3) is 0 Å². The second-order valence-corrected chi connectivity index (χ2v) is 4.46. The second-order valence-electron chi connectivity index (χ2n) is 2.93. The monoisotopic (exact) mass is 282 g/mol. The molecule has 0 saturated heterocycles. The third kappa shape index (κ3) is 3.22. The van der Waals surface area contributed by atoms with Gasteiger partial charge in [-0.3, -0.25) is 0 Å². The summed E-state index contributed by atoms with van der Waals surface area (Å²) in [6, 6.07) is 1.85. The quantitative estimate of drug-likeness (QED) is 0.789. The number of hydrogen-bond donors (Lipinski definition) is 2. The molecule has 0 bridgehead atoms. The Morgan fingerprint density at radius 1 is 1.44 bits per heavy atom. The molecule has 0 aromatic carbocycles. The number of alkyl halides is 3. The van der Waals surface area contributed by atoms with Gasteiger partial charge in [-0.05, 0) is 6.07 Å². The number of nitrogens with zero attached hydrogens (tertiary/aromatic N) is 2. The Bertz CT molecular complexity index is 620. The minimum absolute atomic E-state index is 0.571. The lowest BCUT2D eigenvalue weighted by Crippen LogP contribution is -2.21. The van der Waals surface area contributed by atoms with E-state index < -0.39 is 38.5 Å². The standard InChI is InChI=1S/C7H5F3N4O3S/c8-7(9,10)17-6-3(12)1-5(18(13,15)16)4(2-11)14-6/h1H,12H2,(H2,13,15,16). The van der Waals surface area contributed by atoms with E-state index >= 15 is 0 Å². The largest absolute Gasteiger partial charge is 0.574 e. The molecule has 1 heterocycles. The summed E-state index contributed by atoms with van der Waals surface area (Å²) >= 11 is 0. The van der Waals surface area contributed by atoms with Gasteiger partial charge in [-0.15, -0.1) is 13.2 Å². The Kier molecular flexibility index (Phi) is 3.36. The number of primary sulfonamides is 1. The molecule has 0 spiro atoms. The van der Waals surface area contributed by atoms with Gasteiger partial charge in [0, 0.05) is 0 Å². The fourth-order valence-corrected chi connectivity index (χ4v) is 1.63. The van der Waals surface area contributed by atoms with E-state index in [9.17, 15) is 21.6 Å². The number of rotatable bonds is 2. The number of nitrogen functional groups attached to an aromatic ring is 1. The molecule has 0 unspecified atom stereocenters. The predicted octanol–water partition coefficient (Wildman–Crippen LogP) is 0.0815. The van der Waals surface area contributed by atoms with Gasteiger partial charge >= 0.3 is 6.36 Å². The van der Waals surface area contributed by atoms with Crippen molar-refractivity contribution in [3.05, 3.63) is 11.8 Å². The molecular formula is C7H5F3N4O3S. The number of aromatic nitrogens is 1. The first-order valence-corrected chi connectivity index (χ1v) is 5.58. The van der Waals surface area contributed by atoms with Crippen LogP contribution in [0.2, 0.25) is 0 Å². The predicted molar refractivity (Wildman–Crippen MR) is 51.4 cm³/mol. The van der Waals surface area contributed by atoms with Crippen molar-refractivity contribution in [2.45, 2.75) is 11.3 Å². The smallest absolute Gasteiger partial charge is 0.394 e. The normalized spacial score (nSPS) is 11.9. The number of nitrogens with two attached hydrogens (primary N) is 2. The van der Waals surface area contributed by atoms with Crippen molar-refractivity contribution in [3.8, 4) is 11.9 Å². The Labute approximate surface area is 98.8 Å². The molecule has 0 aliphatic heterocycles. The topological polar surface area (TPSA) is 132 Å². The van der Waals surface area contributed by atoms with Gasteiger partial charge in [-0.25, -0.2) is 13.6 Å². The molecule has 0 atom stereocenters. The molecule has 4 N–H and O–H groups in total. The summed E-state index contributed by atoms with van der Waals surface area (Å²) in [7, 11) is -4.33. The van der Waals surface area contributed by atoms with Crippen LogP contribution >= 0.6 is 0 Å². The molecule has 0 aliphatic carbocycles. The summed E-state index contributed by atoms with van der Waals surface area (Å²) in [5.41, 5.74) is 3.58. The summed E-state index contributed by atoms with van der Waals surface area (Å²) in [5, 5.41) is 13.3.